The van der Waals surface area contributed by atoms with Gasteiger partial charge in [0.15, 0.2) is 0 Å². The van der Waals surface area contributed by atoms with Crippen molar-refractivity contribution in [3.8, 4) is 0 Å². The van der Waals surface area contributed by atoms with E-state index in [4.69, 9.17) is 4.74 Å². The maximum atomic E-state index is 5.86. The molecule has 0 fully saturated rings. The van der Waals surface area contributed by atoms with Crippen LogP contribution in [-0.4, -0.2) is 22.1 Å². The molecule has 0 heterocycles. The van der Waals surface area contributed by atoms with Gasteiger partial charge in [0.2, 0.25) is 0 Å². The first-order chi connectivity index (χ1) is 8.29. The van der Waals surface area contributed by atoms with Crippen molar-refractivity contribution < 1.29 is 4.74 Å². The Hall–Kier alpha value is -0.561. The molecule has 2 heteroatoms. The molecule has 1 unspecified atom stereocenters. The number of allylic oxidation sites excluding steroid dienone is 1. The predicted molar refractivity (Wildman–Crippen MR) is 75.4 cm³/mol. The zero-order valence-electron chi connectivity index (χ0n) is 10.8. The van der Waals surface area contributed by atoms with Crippen LogP contribution in [0.25, 0.3) is 0 Å². The van der Waals surface area contributed by atoms with E-state index in [9.17, 15) is 0 Å². The van der Waals surface area contributed by atoms with Crippen LogP contribution >= 0.6 is 0 Å². The minimum absolute atomic E-state index is 0.0462. The van der Waals surface area contributed by atoms with Crippen molar-refractivity contribution in [3.63, 3.8) is 0 Å². The van der Waals surface area contributed by atoms with Crippen LogP contribution in [0.1, 0.15) is 31.2 Å². The Morgan fingerprint density at radius 3 is 2.53 bits per heavy atom. The van der Waals surface area contributed by atoms with E-state index in [1.54, 1.807) is 0 Å². The zero-order chi connectivity index (χ0) is 12.6. The number of hydrogen-bond acceptors (Lipinski definition) is 1. The van der Waals surface area contributed by atoms with E-state index in [1.165, 1.54) is 18.4 Å². The first-order valence-corrected chi connectivity index (χ1v) is 8.63. The van der Waals surface area contributed by atoms with Crippen LogP contribution in [0.3, 0.4) is 0 Å². The van der Waals surface area contributed by atoms with Crippen LogP contribution in [0.4, 0.5) is 0 Å². The van der Waals surface area contributed by atoms with Gasteiger partial charge in [-0.3, -0.25) is 0 Å². The van der Waals surface area contributed by atoms with E-state index in [0.717, 1.165) is 12.8 Å². The number of benzene rings is 1. The molecule has 1 atom stereocenters. The number of rotatable bonds is 8. The number of unbranched alkanes of at least 4 members (excludes halogenated alkanes) is 2. The summed E-state index contributed by atoms with van der Waals surface area (Å²) >= 11 is 0.442. The summed E-state index contributed by atoms with van der Waals surface area (Å²) in [5.74, 6) is 2.26. The number of hydrogen-bond donors (Lipinski definition) is 0. The Morgan fingerprint density at radius 2 is 2.00 bits per heavy atom. The molecule has 94 valence electrons. The summed E-state index contributed by atoms with van der Waals surface area (Å²) in [6.45, 7) is 3.77. The Bertz CT molecular complexity index is 317. The summed E-state index contributed by atoms with van der Waals surface area (Å²) in [4.78, 5) is 0. The minimum atomic E-state index is -0.0462. The van der Waals surface area contributed by atoms with Crippen molar-refractivity contribution in [3.05, 3.63) is 48.6 Å². The molecule has 0 aliphatic rings. The molecule has 0 saturated carbocycles. The predicted octanol–water partition coefficient (Wildman–Crippen LogP) is 3.98. The summed E-state index contributed by atoms with van der Waals surface area (Å²) in [5.41, 5.74) is 1.32. The van der Waals surface area contributed by atoms with Crippen LogP contribution in [-0.2, 0) is 9.24 Å². The summed E-state index contributed by atoms with van der Waals surface area (Å²) in [6, 6.07) is 10.6. The molecular formula is C15H22OSe. The number of methoxy groups -OCH3 is 1. The molecule has 17 heavy (non-hydrogen) atoms. The molecule has 0 radical (unpaired) electrons. The van der Waals surface area contributed by atoms with E-state index in [2.05, 4.69) is 42.7 Å². The van der Waals surface area contributed by atoms with Gasteiger partial charge in [-0.1, -0.05) is 0 Å². The standard InChI is InChI=1S/C15H22OSe/c1-4-5-6-10-13-15(16-2,17-3)14-11-8-7-9-12-14/h4,7-9,11-12H,1,5-6,10,13H2,2-3H3. The van der Waals surface area contributed by atoms with Gasteiger partial charge in [-0.05, 0) is 0 Å². The molecule has 1 rings (SSSR count). The average molecular weight is 297 g/mol. The monoisotopic (exact) mass is 298 g/mol. The molecule has 0 bridgehead atoms. The third-order valence-electron chi connectivity index (χ3n) is 3.04. The van der Waals surface area contributed by atoms with Crippen molar-refractivity contribution in [1.82, 2.24) is 0 Å². The maximum absolute atomic E-state index is 5.86. The molecule has 0 aromatic heterocycles. The molecule has 0 aliphatic carbocycles. The van der Waals surface area contributed by atoms with Gasteiger partial charge in [-0.15, -0.1) is 0 Å². The molecule has 0 amide bonds. The van der Waals surface area contributed by atoms with Crippen LogP contribution in [0.2, 0.25) is 5.82 Å². The van der Waals surface area contributed by atoms with Crippen molar-refractivity contribution in [1.29, 1.82) is 0 Å². The van der Waals surface area contributed by atoms with E-state index in [-0.39, 0.29) is 4.50 Å². The van der Waals surface area contributed by atoms with Crippen molar-refractivity contribution in [2.75, 3.05) is 7.11 Å². The molecule has 1 nitrogen and oxygen atoms in total. The summed E-state index contributed by atoms with van der Waals surface area (Å²) in [5, 5.41) is 0. The Morgan fingerprint density at radius 1 is 1.29 bits per heavy atom. The van der Waals surface area contributed by atoms with E-state index < -0.39 is 0 Å². The van der Waals surface area contributed by atoms with Crippen LogP contribution in [0, 0.1) is 0 Å². The molecule has 1 aromatic rings. The first-order valence-electron chi connectivity index (χ1n) is 6.06. The van der Waals surface area contributed by atoms with Crippen molar-refractivity contribution in [2.45, 2.75) is 36.0 Å². The topological polar surface area (TPSA) is 9.23 Å². The second-order valence-electron chi connectivity index (χ2n) is 4.06. The third kappa shape index (κ3) is 3.99. The van der Waals surface area contributed by atoms with Gasteiger partial charge >= 0.3 is 111 Å². The quantitative estimate of drug-likeness (QED) is 0.400. The van der Waals surface area contributed by atoms with Crippen molar-refractivity contribution >= 4 is 15.0 Å². The molecule has 1 aromatic carbocycles. The Labute approximate surface area is 111 Å². The van der Waals surface area contributed by atoms with Crippen molar-refractivity contribution in [2.24, 2.45) is 0 Å². The number of ether oxygens (including phenoxy) is 1. The fourth-order valence-corrected chi connectivity index (χ4v) is 3.87. The fourth-order valence-electron chi connectivity index (χ4n) is 2.01. The van der Waals surface area contributed by atoms with Gasteiger partial charge in [-0.2, -0.15) is 0 Å². The molecular weight excluding hydrogens is 275 g/mol. The summed E-state index contributed by atoms with van der Waals surface area (Å²) < 4.78 is 5.81. The van der Waals surface area contributed by atoms with E-state index in [0.29, 0.717) is 15.0 Å². The van der Waals surface area contributed by atoms with Gasteiger partial charge in [0.1, 0.15) is 0 Å². The van der Waals surface area contributed by atoms with Gasteiger partial charge in [0, 0.05) is 0 Å². The first kappa shape index (κ1) is 14.5. The van der Waals surface area contributed by atoms with Gasteiger partial charge in [-0.25, -0.2) is 0 Å². The molecule has 0 saturated heterocycles. The van der Waals surface area contributed by atoms with Gasteiger partial charge < -0.3 is 0 Å². The normalized spacial score (nSPS) is 14.2. The zero-order valence-corrected chi connectivity index (χ0v) is 12.5. The SMILES string of the molecule is C=CCCCCC(OC)([Se]C)c1ccccc1. The fraction of sp³-hybridized carbons (Fsp3) is 0.467. The summed E-state index contributed by atoms with van der Waals surface area (Å²) in [6.07, 6.45) is 6.61. The third-order valence-corrected chi connectivity index (χ3v) is 5.69. The van der Waals surface area contributed by atoms with E-state index >= 15 is 0 Å². The summed E-state index contributed by atoms with van der Waals surface area (Å²) in [7, 11) is 1.84. The van der Waals surface area contributed by atoms with Crippen LogP contribution in [0.15, 0.2) is 43.0 Å². The van der Waals surface area contributed by atoms with Crippen LogP contribution in [0.5, 0.6) is 0 Å². The van der Waals surface area contributed by atoms with E-state index in [1.807, 2.05) is 13.2 Å². The second kappa shape index (κ2) is 7.71. The Balaban J connectivity index is 2.71. The van der Waals surface area contributed by atoms with Gasteiger partial charge in [0.05, 0.1) is 0 Å². The second-order valence-corrected chi connectivity index (χ2v) is 6.30. The van der Waals surface area contributed by atoms with Crippen LogP contribution < -0.4 is 0 Å². The Kier molecular flexibility index (Phi) is 6.57. The molecule has 0 N–H and O–H groups in total. The average Bonchev–Trinajstić information content (AvgIpc) is 2.41. The van der Waals surface area contributed by atoms with Gasteiger partial charge in [0.25, 0.3) is 0 Å². The molecule has 0 spiro atoms. The molecule has 0 aliphatic heterocycles.